The van der Waals surface area contributed by atoms with Gasteiger partial charge in [-0.3, -0.25) is 0 Å². The summed E-state index contributed by atoms with van der Waals surface area (Å²) in [5, 5.41) is 0. The van der Waals surface area contributed by atoms with Crippen molar-refractivity contribution in [1.82, 2.24) is 4.57 Å². The molecule has 0 amide bonds. The van der Waals surface area contributed by atoms with Crippen LogP contribution in [-0.4, -0.2) is 4.57 Å². The average Bonchev–Trinajstić information content (AvgIpc) is 3.82. The molecular formula is C62H57N3O+2. The third-order valence-corrected chi connectivity index (χ3v) is 14.6. The van der Waals surface area contributed by atoms with Gasteiger partial charge in [-0.2, -0.15) is 4.57 Å². The van der Waals surface area contributed by atoms with Crippen molar-refractivity contribution in [3.8, 4) is 78.6 Å². The summed E-state index contributed by atoms with van der Waals surface area (Å²) in [7, 11) is 0. The first kappa shape index (κ1) is 39.3. The second-order valence-corrected chi connectivity index (χ2v) is 19.9. The molecule has 3 aliphatic rings. The van der Waals surface area contributed by atoms with Crippen LogP contribution in [0, 0.1) is 6.92 Å². The molecule has 0 bridgehead atoms. The van der Waals surface area contributed by atoms with Crippen LogP contribution < -0.4 is 13.9 Å². The number of para-hydroxylation sites is 1. The number of imidazole rings is 1. The molecule has 0 aliphatic carbocycles. The first-order valence-corrected chi connectivity index (χ1v) is 23.8. The van der Waals surface area contributed by atoms with Crippen LogP contribution in [0.5, 0.6) is 5.75 Å². The van der Waals surface area contributed by atoms with Crippen LogP contribution in [0.25, 0.3) is 83.9 Å². The predicted molar refractivity (Wildman–Crippen MR) is 270 cm³/mol. The van der Waals surface area contributed by atoms with Gasteiger partial charge in [-0.05, 0) is 134 Å². The van der Waals surface area contributed by atoms with Crippen molar-refractivity contribution in [3.05, 3.63) is 191 Å². The van der Waals surface area contributed by atoms with Crippen molar-refractivity contribution in [2.24, 2.45) is 0 Å². The Labute approximate surface area is 390 Å². The summed E-state index contributed by atoms with van der Waals surface area (Å²) >= 11 is 0. The maximum atomic E-state index is 9.26. The van der Waals surface area contributed by atoms with Crippen LogP contribution in [0.4, 0.5) is 0 Å². The molecule has 7 aromatic carbocycles. The fourth-order valence-corrected chi connectivity index (χ4v) is 11.4. The minimum Gasteiger partial charge on any atom is -0.392 e. The molecule has 12 rings (SSSR count). The molecule has 3 aliphatic heterocycles. The van der Waals surface area contributed by atoms with Crippen LogP contribution >= 0.6 is 0 Å². The van der Waals surface area contributed by atoms with E-state index in [1.54, 1.807) is 0 Å². The summed E-state index contributed by atoms with van der Waals surface area (Å²) in [5.74, 6) is 1.02. The van der Waals surface area contributed by atoms with Crippen LogP contribution in [0.3, 0.4) is 0 Å². The van der Waals surface area contributed by atoms with Crippen molar-refractivity contribution < 1.29 is 15.2 Å². The Morgan fingerprint density at radius 3 is 1.91 bits per heavy atom. The molecule has 1 atom stereocenters. The van der Waals surface area contributed by atoms with Gasteiger partial charge in [0.2, 0.25) is 5.69 Å². The fraction of sp³-hybridized carbons (Fsp3) is 0.226. The van der Waals surface area contributed by atoms with E-state index >= 15 is 0 Å². The highest BCUT2D eigenvalue weighted by Gasteiger charge is 2.69. The van der Waals surface area contributed by atoms with E-state index in [0.29, 0.717) is 11.8 Å². The highest BCUT2D eigenvalue weighted by molar-refractivity contribution is 5.99. The Hall–Kier alpha value is -7.04. The van der Waals surface area contributed by atoms with Gasteiger partial charge in [-0.1, -0.05) is 152 Å². The molecule has 0 fully saturated rings. The minimum absolute atomic E-state index is 0.204. The third-order valence-electron chi connectivity index (χ3n) is 14.6. The Bertz CT molecular complexity index is 3520. The van der Waals surface area contributed by atoms with Crippen LogP contribution in [0.1, 0.15) is 114 Å². The van der Waals surface area contributed by atoms with E-state index in [9.17, 15) is 1.37 Å². The van der Waals surface area contributed by atoms with Gasteiger partial charge in [0.15, 0.2) is 23.0 Å². The standard InChI is InChI=1S/C62H57N3O/c1-36(2)45-31-50(39(7)8)60-53(32-45)61-64(54-27-26-44(30-40(54)9)57-47(37(3)4)22-16-23-48(57)38(5)6)55-25-17-24-49-51-33-46(42-20-14-11-15-21-42)34-52-56-35-43(41-18-12-10-13-19-41)28-29-63(56)62(66-60,58(51)52)65(61)59(49)55/h10-39H,1-9H3/q+2/i37D. The highest BCUT2D eigenvalue weighted by atomic mass is 16.5. The van der Waals surface area contributed by atoms with E-state index in [0.717, 1.165) is 61.8 Å². The van der Waals surface area contributed by atoms with Crippen molar-refractivity contribution in [2.45, 2.75) is 91.8 Å². The number of hydrogen-bond acceptors (Lipinski definition) is 1. The molecule has 4 heteroatoms. The number of aromatic nitrogens is 3. The predicted octanol–water partition coefficient (Wildman–Crippen LogP) is 15.2. The maximum absolute atomic E-state index is 9.26. The van der Waals surface area contributed by atoms with E-state index in [1.165, 1.54) is 61.2 Å². The van der Waals surface area contributed by atoms with Crippen LogP contribution in [0.15, 0.2) is 158 Å². The second-order valence-electron chi connectivity index (χ2n) is 19.9. The number of benzene rings is 7. The zero-order valence-corrected chi connectivity index (χ0v) is 39.5. The number of pyridine rings is 1. The van der Waals surface area contributed by atoms with E-state index in [1.807, 2.05) is 13.8 Å². The summed E-state index contributed by atoms with van der Waals surface area (Å²) in [6.45, 7) is 20.0. The summed E-state index contributed by atoms with van der Waals surface area (Å²) in [4.78, 5) is 0. The Morgan fingerprint density at radius 2 is 1.23 bits per heavy atom. The summed E-state index contributed by atoms with van der Waals surface area (Å²) < 4.78 is 24.8. The molecule has 5 heterocycles. The van der Waals surface area contributed by atoms with Gasteiger partial charge in [0.05, 0.1) is 5.56 Å². The van der Waals surface area contributed by atoms with Gasteiger partial charge in [0, 0.05) is 24.6 Å². The van der Waals surface area contributed by atoms with Gasteiger partial charge in [-0.15, -0.1) is 9.13 Å². The topological polar surface area (TPSA) is 21.9 Å². The molecule has 9 aromatic rings. The molecule has 1 spiro atoms. The lowest BCUT2D eigenvalue weighted by Crippen LogP contribution is -2.78. The Balaban J connectivity index is 1.23. The summed E-state index contributed by atoms with van der Waals surface area (Å²) in [6, 6.07) is 56.2. The molecule has 0 N–H and O–H groups in total. The number of nitrogens with zero attached hydrogens (tertiary/aromatic N) is 3. The molecule has 1 unspecified atom stereocenters. The highest BCUT2D eigenvalue weighted by Crippen LogP contribution is 2.56. The van der Waals surface area contributed by atoms with Gasteiger partial charge < -0.3 is 4.74 Å². The molecule has 0 radical (unpaired) electrons. The van der Waals surface area contributed by atoms with Gasteiger partial charge in [0.1, 0.15) is 16.8 Å². The molecule has 0 saturated heterocycles. The first-order chi connectivity index (χ1) is 32.3. The van der Waals surface area contributed by atoms with Crippen molar-refractivity contribution in [1.29, 1.82) is 0 Å². The summed E-state index contributed by atoms with van der Waals surface area (Å²) in [6.07, 6.45) is 2.28. The maximum Gasteiger partial charge on any atom is 0.499 e. The van der Waals surface area contributed by atoms with E-state index in [-0.39, 0.29) is 5.92 Å². The lowest BCUT2D eigenvalue weighted by Gasteiger charge is -2.34. The zero-order chi connectivity index (χ0) is 46.3. The van der Waals surface area contributed by atoms with Crippen molar-refractivity contribution in [3.63, 3.8) is 0 Å². The monoisotopic (exact) mass is 860 g/mol. The number of fused-ring (bicyclic) bond motifs is 5. The summed E-state index contributed by atoms with van der Waals surface area (Å²) in [5.41, 5.74) is 23.4. The molecule has 324 valence electrons. The smallest absolute Gasteiger partial charge is 0.392 e. The fourth-order valence-electron chi connectivity index (χ4n) is 11.4. The molecule has 66 heavy (non-hydrogen) atoms. The Kier molecular flexibility index (Phi) is 8.78. The first-order valence-electron chi connectivity index (χ1n) is 24.3. The van der Waals surface area contributed by atoms with E-state index < -0.39 is 11.7 Å². The lowest BCUT2D eigenvalue weighted by molar-refractivity contribution is -0.997. The van der Waals surface area contributed by atoms with Gasteiger partial charge >= 0.3 is 11.7 Å². The molecule has 2 aromatic heterocycles. The minimum atomic E-state index is -1.08. The van der Waals surface area contributed by atoms with Crippen LogP contribution in [0.2, 0.25) is 0 Å². The number of aryl methyl sites for hydroxylation is 1. The number of hydrogen-bond donors (Lipinski definition) is 0. The molecular weight excluding hydrogens is 803 g/mol. The zero-order valence-electron chi connectivity index (χ0n) is 40.5. The second kappa shape index (κ2) is 14.7. The van der Waals surface area contributed by atoms with E-state index in [4.69, 9.17) is 4.74 Å². The average molecular weight is 861 g/mol. The number of rotatable bonds is 8. The molecule has 4 nitrogen and oxygen atoms in total. The van der Waals surface area contributed by atoms with Crippen LogP contribution in [-0.2, 0) is 5.85 Å². The third kappa shape index (κ3) is 5.63. The normalized spacial score (nSPS) is 15.5. The van der Waals surface area contributed by atoms with Crippen molar-refractivity contribution >= 4 is 11.0 Å². The van der Waals surface area contributed by atoms with E-state index in [2.05, 4.69) is 220 Å². The van der Waals surface area contributed by atoms with Crippen molar-refractivity contribution in [2.75, 3.05) is 0 Å². The van der Waals surface area contributed by atoms with Gasteiger partial charge in [-0.25, -0.2) is 0 Å². The largest absolute Gasteiger partial charge is 0.499 e. The number of ether oxygens (including phenoxy) is 1. The Morgan fingerprint density at radius 1 is 0.545 bits per heavy atom. The van der Waals surface area contributed by atoms with Gasteiger partial charge in [0.25, 0.3) is 0 Å². The quantitative estimate of drug-likeness (QED) is 0.140. The molecule has 0 saturated carbocycles. The SMILES string of the molecule is [2H]C(C)(C)c1cccc(C(C)C)c1-c1ccc(-n2c3[n+]4c5c(cccc52)-c2cc(-c5ccccc5)cc5c2C4(Oc2c-3cc(C(C)C)cc2C(C)C)[n+]2ccc(-c3ccccc3)cc2-5)c(C)c1. The lowest BCUT2D eigenvalue weighted by atomic mass is 9.84.